The Bertz CT molecular complexity index is 892. The van der Waals surface area contributed by atoms with Crippen LogP contribution in [-0.4, -0.2) is 32.5 Å². The number of rotatable bonds is 3. The van der Waals surface area contributed by atoms with Crippen molar-refractivity contribution in [2.24, 2.45) is 0 Å². The summed E-state index contributed by atoms with van der Waals surface area (Å²) in [5.74, 6) is -2.73. The zero-order chi connectivity index (χ0) is 15.9. The number of imidazole rings is 1. The molecule has 2 N–H and O–H groups in total. The van der Waals surface area contributed by atoms with Gasteiger partial charge in [0.1, 0.15) is 12.1 Å². The van der Waals surface area contributed by atoms with Gasteiger partial charge in [0, 0.05) is 13.2 Å². The summed E-state index contributed by atoms with van der Waals surface area (Å²) in [4.78, 5) is 18.7. The number of fused-ring (bicyclic) bond motifs is 1. The molecule has 0 saturated carbocycles. The third-order valence-corrected chi connectivity index (χ3v) is 3.24. The summed E-state index contributed by atoms with van der Waals surface area (Å²) in [6.45, 7) is 0. The van der Waals surface area contributed by atoms with Crippen LogP contribution in [0.3, 0.4) is 0 Å². The number of nitrogens with one attached hydrogen (secondary N) is 1. The van der Waals surface area contributed by atoms with E-state index in [-0.39, 0.29) is 28.2 Å². The number of carboxylic acids is 1. The zero-order valence-electron chi connectivity index (χ0n) is 11.3. The van der Waals surface area contributed by atoms with E-state index in [0.29, 0.717) is 0 Å². The quantitative estimate of drug-likeness (QED) is 0.777. The summed E-state index contributed by atoms with van der Waals surface area (Å²) in [5, 5.41) is 11.6. The molecule has 2 heterocycles. The van der Waals surface area contributed by atoms with Crippen LogP contribution in [0.1, 0.15) is 10.5 Å². The van der Waals surface area contributed by atoms with Gasteiger partial charge in [-0.2, -0.15) is 0 Å². The van der Waals surface area contributed by atoms with Gasteiger partial charge < -0.3 is 14.8 Å². The molecule has 0 radical (unpaired) electrons. The minimum atomic E-state index is -1.20. The Morgan fingerprint density at radius 2 is 2.09 bits per heavy atom. The third-order valence-electron chi connectivity index (χ3n) is 3.24. The summed E-state index contributed by atoms with van der Waals surface area (Å²) in [6, 6.07) is 2.42. The van der Waals surface area contributed by atoms with Crippen LogP contribution in [0.25, 0.3) is 16.8 Å². The summed E-state index contributed by atoms with van der Waals surface area (Å²) in [7, 11) is 1.52. The Hall–Kier alpha value is -3.03. The first-order chi connectivity index (χ1) is 10.5. The van der Waals surface area contributed by atoms with Crippen molar-refractivity contribution in [2.45, 2.75) is 0 Å². The van der Waals surface area contributed by atoms with Gasteiger partial charge in [0.25, 0.3) is 0 Å². The first-order valence-electron chi connectivity index (χ1n) is 6.25. The van der Waals surface area contributed by atoms with Gasteiger partial charge in [0.05, 0.1) is 28.7 Å². The van der Waals surface area contributed by atoms with Crippen LogP contribution in [0.4, 0.5) is 14.5 Å². The first kappa shape index (κ1) is 13.9. The van der Waals surface area contributed by atoms with Gasteiger partial charge in [0.15, 0.2) is 11.5 Å². The van der Waals surface area contributed by atoms with E-state index in [4.69, 9.17) is 5.11 Å². The summed E-state index contributed by atoms with van der Waals surface area (Å²) < 4.78 is 29.6. The number of carbonyl (C=O) groups is 1. The molecule has 0 aliphatic carbocycles. The Labute approximate surface area is 123 Å². The van der Waals surface area contributed by atoms with Crippen LogP contribution in [0.15, 0.2) is 30.9 Å². The molecule has 0 aliphatic heterocycles. The van der Waals surface area contributed by atoms with Gasteiger partial charge in [-0.15, -0.1) is 0 Å². The molecule has 0 bridgehead atoms. The van der Waals surface area contributed by atoms with Crippen molar-refractivity contribution in [1.82, 2.24) is 14.4 Å². The molecule has 3 rings (SSSR count). The van der Waals surface area contributed by atoms with Crippen molar-refractivity contribution in [3.63, 3.8) is 0 Å². The van der Waals surface area contributed by atoms with Crippen LogP contribution in [0, 0.1) is 11.6 Å². The fourth-order valence-corrected chi connectivity index (χ4v) is 2.17. The topological polar surface area (TPSA) is 79.5 Å². The molecule has 1 aromatic carbocycles. The largest absolute Gasteiger partial charge is 0.476 e. The second-order valence-corrected chi connectivity index (χ2v) is 4.50. The smallest absolute Gasteiger partial charge is 0.356 e. The SMILES string of the molecule is CNc1ccc(F)c(-c2cn3cnc(C(=O)O)c3cn2)c1F. The van der Waals surface area contributed by atoms with Crippen molar-refractivity contribution < 1.29 is 18.7 Å². The highest BCUT2D eigenvalue weighted by Gasteiger charge is 2.18. The van der Waals surface area contributed by atoms with Gasteiger partial charge in [-0.3, -0.25) is 4.98 Å². The molecule has 0 spiro atoms. The summed E-state index contributed by atoms with van der Waals surface area (Å²) >= 11 is 0. The fourth-order valence-electron chi connectivity index (χ4n) is 2.17. The molecule has 0 fully saturated rings. The van der Waals surface area contributed by atoms with E-state index in [0.717, 1.165) is 6.07 Å². The maximum atomic E-state index is 14.3. The summed E-state index contributed by atoms with van der Waals surface area (Å²) in [6.07, 6.45) is 3.80. The number of halogens is 2. The van der Waals surface area contributed by atoms with Crippen LogP contribution >= 0.6 is 0 Å². The molecule has 0 amide bonds. The van der Waals surface area contributed by atoms with E-state index in [1.165, 1.54) is 36.2 Å². The van der Waals surface area contributed by atoms with Gasteiger partial charge in [-0.1, -0.05) is 0 Å². The monoisotopic (exact) mass is 304 g/mol. The minimum absolute atomic E-state index is 0.0361. The molecule has 3 aromatic rings. The Balaban J connectivity index is 2.21. The molecular weight excluding hydrogens is 294 g/mol. The Morgan fingerprint density at radius 1 is 1.32 bits per heavy atom. The standard InChI is InChI=1S/C14H10F2N4O2/c1-17-8-3-2-7(15)11(12(8)16)9-5-20-6-19-13(14(21)22)10(20)4-18-9/h2-6,17H,1H3,(H,21,22). The van der Waals surface area contributed by atoms with E-state index in [1.807, 2.05) is 0 Å². The van der Waals surface area contributed by atoms with Crippen molar-refractivity contribution in [3.05, 3.63) is 48.2 Å². The molecule has 2 aromatic heterocycles. The molecule has 0 atom stereocenters. The lowest BCUT2D eigenvalue weighted by atomic mass is 10.1. The van der Waals surface area contributed by atoms with E-state index < -0.39 is 17.6 Å². The molecule has 0 aliphatic rings. The maximum Gasteiger partial charge on any atom is 0.356 e. The van der Waals surface area contributed by atoms with Gasteiger partial charge in [-0.25, -0.2) is 18.6 Å². The lowest BCUT2D eigenvalue weighted by Crippen LogP contribution is -2.01. The molecule has 22 heavy (non-hydrogen) atoms. The average molecular weight is 304 g/mol. The lowest BCUT2D eigenvalue weighted by Gasteiger charge is -2.09. The zero-order valence-corrected chi connectivity index (χ0v) is 11.3. The number of hydrogen-bond donors (Lipinski definition) is 2. The number of aromatic carboxylic acids is 1. The molecule has 0 saturated heterocycles. The molecular formula is C14H10F2N4O2. The number of hydrogen-bond acceptors (Lipinski definition) is 4. The maximum absolute atomic E-state index is 14.3. The van der Waals surface area contributed by atoms with Crippen LogP contribution < -0.4 is 5.32 Å². The molecule has 112 valence electrons. The fraction of sp³-hybridized carbons (Fsp3) is 0.0714. The second kappa shape index (κ2) is 5.06. The van der Waals surface area contributed by atoms with Crippen molar-refractivity contribution in [3.8, 4) is 11.3 Å². The van der Waals surface area contributed by atoms with Crippen molar-refractivity contribution >= 4 is 17.2 Å². The lowest BCUT2D eigenvalue weighted by molar-refractivity contribution is 0.0693. The van der Waals surface area contributed by atoms with Crippen LogP contribution in [0.5, 0.6) is 0 Å². The number of carboxylic acid groups (broad SMARTS) is 1. The number of anilines is 1. The van der Waals surface area contributed by atoms with E-state index >= 15 is 0 Å². The second-order valence-electron chi connectivity index (χ2n) is 4.50. The van der Waals surface area contributed by atoms with Crippen LogP contribution in [0.2, 0.25) is 0 Å². The highest BCUT2D eigenvalue weighted by Crippen LogP contribution is 2.29. The third kappa shape index (κ3) is 2.05. The molecule has 8 heteroatoms. The van der Waals surface area contributed by atoms with Gasteiger partial charge >= 0.3 is 5.97 Å². The number of benzene rings is 1. The normalized spacial score (nSPS) is 10.9. The minimum Gasteiger partial charge on any atom is -0.476 e. The predicted molar refractivity (Wildman–Crippen MR) is 74.8 cm³/mol. The van der Waals surface area contributed by atoms with Gasteiger partial charge in [-0.05, 0) is 12.1 Å². The van der Waals surface area contributed by atoms with Gasteiger partial charge in [0.2, 0.25) is 0 Å². The predicted octanol–water partition coefficient (Wildman–Crippen LogP) is 2.41. The first-order valence-corrected chi connectivity index (χ1v) is 6.25. The van der Waals surface area contributed by atoms with Crippen molar-refractivity contribution in [2.75, 3.05) is 12.4 Å². The molecule has 6 nitrogen and oxygen atoms in total. The van der Waals surface area contributed by atoms with E-state index in [9.17, 15) is 13.6 Å². The number of aromatic nitrogens is 3. The van der Waals surface area contributed by atoms with E-state index in [1.54, 1.807) is 0 Å². The number of nitrogens with zero attached hydrogens (tertiary/aromatic N) is 3. The summed E-state index contributed by atoms with van der Waals surface area (Å²) in [5.41, 5.74) is -0.0609. The van der Waals surface area contributed by atoms with E-state index in [2.05, 4.69) is 15.3 Å². The Morgan fingerprint density at radius 3 is 2.77 bits per heavy atom. The Kier molecular flexibility index (Phi) is 3.21. The average Bonchev–Trinajstić information content (AvgIpc) is 2.91. The molecule has 0 unspecified atom stereocenters. The highest BCUT2D eigenvalue weighted by atomic mass is 19.1. The van der Waals surface area contributed by atoms with Crippen LogP contribution in [-0.2, 0) is 0 Å². The highest BCUT2D eigenvalue weighted by molar-refractivity contribution is 5.93. The van der Waals surface area contributed by atoms with Crippen molar-refractivity contribution in [1.29, 1.82) is 0 Å².